The molecule has 0 aromatic carbocycles. The number of nitrogens with zero attached hydrogens (tertiary/aromatic N) is 1. The van der Waals surface area contributed by atoms with Crippen molar-refractivity contribution in [2.75, 3.05) is 13.6 Å². The zero-order valence-electron chi connectivity index (χ0n) is 9.52. The van der Waals surface area contributed by atoms with Gasteiger partial charge in [-0.15, -0.1) is 0 Å². The molecule has 0 radical (unpaired) electrons. The van der Waals surface area contributed by atoms with Gasteiger partial charge in [0.05, 0.1) is 12.0 Å². The molecule has 0 heterocycles. The van der Waals surface area contributed by atoms with E-state index in [4.69, 9.17) is 5.11 Å². The molecule has 3 unspecified atom stereocenters. The highest BCUT2D eigenvalue weighted by atomic mass is 16.4. The van der Waals surface area contributed by atoms with Crippen LogP contribution in [0.3, 0.4) is 0 Å². The van der Waals surface area contributed by atoms with Crippen molar-refractivity contribution in [1.29, 1.82) is 0 Å². The molecular weight excluding hydrogens is 194 g/mol. The smallest absolute Gasteiger partial charge is 0.307 e. The van der Waals surface area contributed by atoms with Crippen LogP contribution in [0.1, 0.15) is 32.6 Å². The maximum absolute atomic E-state index is 10.7. The molecule has 4 heteroatoms. The van der Waals surface area contributed by atoms with Crippen molar-refractivity contribution in [1.82, 2.24) is 4.90 Å². The third-order valence-corrected chi connectivity index (χ3v) is 3.24. The van der Waals surface area contributed by atoms with Gasteiger partial charge in [-0.2, -0.15) is 0 Å². The lowest BCUT2D eigenvalue weighted by Gasteiger charge is -2.35. The van der Waals surface area contributed by atoms with Crippen LogP contribution in [0.2, 0.25) is 0 Å². The normalized spacial score (nSPS) is 29.1. The summed E-state index contributed by atoms with van der Waals surface area (Å²) in [6.07, 6.45) is 3.75. The van der Waals surface area contributed by atoms with Crippen LogP contribution in [0.4, 0.5) is 0 Å². The van der Waals surface area contributed by atoms with Crippen LogP contribution < -0.4 is 0 Å². The molecule has 1 rings (SSSR count). The van der Waals surface area contributed by atoms with Gasteiger partial charge in [-0.3, -0.25) is 9.69 Å². The third kappa shape index (κ3) is 3.47. The van der Waals surface area contributed by atoms with Crippen LogP contribution in [-0.2, 0) is 4.79 Å². The second-order valence-corrected chi connectivity index (χ2v) is 4.60. The van der Waals surface area contributed by atoms with Crippen LogP contribution in [-0.4, -0.2) is 46.8 Å². The number of carbonyl (C=O) groups is 1. The lowest BCUT2D eigenvalue weighted by atomic mass is 9.91. The Labute approximate surface area is 90.9 Å². The van der Waals surface area contributed by atoms with Gasteiger partial charge in [0.1, 0.15) is 0 Å². The standard InChI is InChI=1S/C11H21NO3/c1-8(11(14)15)7-12(2)9-5-3-4-6-10(9)13/h8-10,13H,3-7H2,1-2H3,(H,14,15). The van der Waals surface area contributed by atoms with E-state index >= 15 is 0 Å². The molecule has 1 aliphatic rings. The van der Waals surface area contributed by atoms with Gasteiger partial charge in [-0.25, -0.2) is 0 Å². The summed E-state index contributed by atoms with van der Waals surface area (Å²) in [7, 11) is 1.90. The van der Waals surface area contributed by atoms with Crippen LogP contribution >= 0.6 is 0 Å². The molecule has 0 bridgehead atoms. The summed E-state index contributed by atoms with van der Waals surface area (Å²) in [6.45, 7) is 2.21. The molecule has 0 amide bonds. The summed E-state index contributed by atoms with van der Waals surface area (Å²) in [4.78, 5) is 12.7. The number of aliphatic carboxylic acids is 1. The first kappa shape index (κ1) is 12.5. The minimum Gasteiger partial charge on any atom is -0.481 e. The first-order valence-electron chi connectivity index (χ1n) is 5.63. The monoisotopic (exact) mass is 215 g/mol. The van der Waals surface area contributed by atoms with E-state index in [1.54, 1.807) is 6.92 Å². The Morgan fingerprint density at radius 2 is 2.07 bits per heavy atom. The first-order valence-corrected chi connectivity index (χ1v) is 5.63. The summed E-state index contributed by atoms with van der Waals surface area (Å²) < 4.78 is 0. The quantitative estimate of drug-likeness (QED) is 0.732. The SMILES string of the molecule is CC(CN(C)C1CCCCC1O)C(=O)O. The zero-order valence-corrected chi connectivity index (χ0v) is 9.52. The van der Waals surface area contributed by atoms with Crippen LogP contribution in [0.15, 0.2) is 0 Å². The van der Waals surface area contributed by atoms with Gasteiger partial charge in [0.15, 0.2) is 0 Å². The van der Waals surface area contributed by atoms with Crippen molar-refractivity contribution < 1.29 is 15.0 Å². The van der Waals surface area contributed by atoms with Gasteiger partial charge in [-0.1, -0.05) is 19.8 Å². The highest BCUT2D eigenvalue weighted by Gasteiger charge is 2.28. The molecule has 4 nitrogen and oxygen atoms in total. The van der Waals surface area contributed by atoms with Crippen molar-refractivity contribution in [3.63, 3.8) is 0 Å². The highest BCUT2D eigenvalue weighted by Crippen LogP contribution is 2.22. The van der Waals surface area contributed by atoms with Crippen LogP contribution in [0.25, 0.3) is 0 Å². The van der Waals surface area contributed by atoms with E-state index in [-0.39, 0.29) is 18.1 Å². The largest absolute Gasteiger partial charge is 0.481 e. The van der Waals surface area contributed by atoms with E-state index in [9.17, 15) is 9.90 Å². The Morgan fingerprint density at radius 3 is 2.60 bits per heavy atom. The van der Waals surface area contributed by atoms with Gasteiger partial charge >= 0.3 is 5.97 Å². The predicted molar refractivity (Wildman–Crippen MR) is 57.7 cm³/mol. The first-order chi connectivity index (χ1) is 7.02. The van der Waals surface area contributed by atoms with E-state index in [0.29, 0.717) is 6.54 Å². The van der Waals surface area contributed by atoms with E-state index in [0.717, 1.165) is 25.7 Å². The Hall–Kier alpha value is -0.610. The average Bonchev–Trinajstić information content (AvgIpc) is 2.18. The van der Waals surface area contributed by atoms with E-state index in [1.807, 2.05) is 11.9 Å². The second-order valence-electron chi connectivity index (χ2n) is 4.60. The number of rotatable bonds is 4. The topological polar surface area (TPSA) is 60.8 Å². The molecule has 88 valence electrons. The van der Waals surface area contributed by atoms with Crippen LogP contribution in [0.5, 0.6) is 0 Å². The lowest BCUT2D eigenvalue weighted by Crippen LogP contribution is -2.45. The summed E-state index contributed by atoms with van der Waals surface area (Å²) in [5.74, 6) is -1.14. The summed E-state index contributed by atoms with van der Waals surface area (Å²) in [6, 6.07) is 0.139. The summed E-state index contributed by atoms with van der Waals surface area (Å²) in [5.41, 5.74) is 0. The van der Waals surface area contributed by atoms with Gasteiger partial charge in [-0.05, 0) is 19.9 Å². The molecule has 0 spiro atoms. The Morgan fingerprint density at radius 1 is 1.47 bits per heavy atom. The molecule has 1 fully saturated rings. The second kappa shape index (κ2) is 5.47. The maximum Gasteiger partial charge on any atom is 0.307 e. The predicted octanol–water partition coefficient (Wildman–Crippen LogP) is 0.942. The minimum absolute atomic E-state index is 0.139. The van der Waals surface area contributed by atoms with Gasteiger partial charge in [0.2, 0.25) is 0 Å². The van der Waals surface area contributed by atoms with Crippen LogP contribution in [0, 0.1) is 5.92 Å². The maximum atomic E-state index is 10.7. The minimum atomic E-state index is -0.771. The Bertz CT molecular complexity index is 220. The van der Waals surface area contributed by atoms with Gasteiger partial charge in [0.25, 0.3) is 0 Å². The molecular formula is C11H21NO3. The van der Waals surface area contributed by atoms with Crippen molar-refractivity contribution in [2.45, 2.75) is 44.8 Å². The van der Waals surface area contributed by atoms with Crippen molar-refractivity contribution in [2.24, 2.45) is 5.92 Å². The molecule has 0 aromatic rings. The third-order valence-electron chi connectivity index (χ3n) is 3.24. The van der Waals surface area contributed by atoms with E-state index < -0.39 is 5.97 Å². The van der Waals surface area contributed by atoms with Gasteiger partial charge < -0.3 is 10.2 Å². The van der Waals surface area contributed by atoms with E-state index in [1.165, 1.54) is 0 Å². The molecule has 0 aliphatic heterocycles. The molecule has 2 N–H and O–H groups in total. The number of carboxylic acid groups (broad SMARTS) is 1. The molecule has 3 atom stereocenters. The Balaban J connectivity index is 2.44. The van der Waals surface area contributed by atoms with Crippen molar-refractivity contribution in [3.8, 4) is 0 Å². The summed E-state index contributed by atoms with van der Waals surface area (Å²) >= 11 is 0. The number of likely N-dealkylation sites (N-methyl/N-ethyl adjacent to an activating group) is 1. The van der Waals surface area contributed by atoms with E-state index in [2.05, 4.69) is 0 Å². The zero-order chi connectivity index (χ0) is 11.4. The highest BCUT2D eigenvalue weighted by molar-refractivity contribution is 5.69. The molecule has 1 saturated carbocycles. The fourth-order valence-corrected chi connectivity index (χ4v) is 2.25. The van der Waals surface area contributed by atoms with Crippen molar-refractivity contribution in [3.05, 3.63) is 0 Å². The number of hydrogen-bond donors (Lipinski definition) is 2. The molecule has 1 aliphatic carbocycles. The van der Waals surface area contributed by atoms with Crippen molar-refractivity contribution >= 4 is 5.97 Å². The number of hydrogen-bond acceptors (Lipinski definition) is 3. The fourth-order valence-electron chi connectivity index (χ4n) is 2.25. The summed E-state index contributed by atoms with van der Waals surface area (Å²) in [5, 5.41) is 18.6. The number of carboxylic acids is 1. The number of aliphatic hydroxyl groups is 1. The lowest BCUT2D eigenvalue weighted by molar-refractivity contribution is -0.142. The Kier molecular flexibility index (Phi) is 4.54. The molecule has 0 aromatic heterocycles. The van der Waals surface area contributed by atoms with Gasteiger partial charge in [0, 0.05) is 12.6 Å². The fraction of sp³-hybridized carbons (Fsp3) is 0.909. The average molecular weight is 215 g/mol. The molecule has 15 heavy (non-hydrogen) atoms. The molecule has 0 saturated heterocycles. The number of aliphatic hydroxyl groups excluding tert-OH is 1.